The summed E-state index contributed by atoms with van der Waals surface area (Å²) in [6.45, 7) is 2.79. The Balaban J connectivity index is 1.46. The Labute approximate surface area is 162 Å². The molecule has 0 amide bonds. The summed E-state index contributed by atoms with van der Waals surface area (Å²) in [5.41, 5.74) is 1.90. The largest absolute Gasteiger partial charge is 0.366 e. The molecule has 140 valence electrons. The molecule has 0 saturated carbocycles. The second-order valence-corrected chi connectivity index (χ2v) is 6.45. The van der Waals surface area contributed by atoms with Crippen LogP contribution in [0.5, 0.6) is 0 Å². The van der Waals surface area contributed by atoms with Crippen LogP contribution < -0.4 is 15.1 Å². The van der Waals surface area contributed by atoms with Crippen molar-refractivity contribution in [3.05, 3.63) is 72.2 Å². The average molecular weight is 374 g/mol. The van der Waals surface area contributed by atoms with Crippen molar-refractivity contribution in [1.29, 1.82) is 5.26 Å². The lowest BCUT2D eigenvalue weighted by atomic mass is 10.2. The molecule has 7 heteroatoms. The molecule has 1 saturated heterocycles. The van der Waals surface area contributed by atoms with Gasteiger partial charge in [0.2, 0.25) is 5.95 Å². The minimum absolute atomic E-state index is 0.199. The predicted octanol–water partition coefficient (Wildman–Crippen LogP) is 3.56. The molecular weight excluding hydrogens is 355 g/mol. The molecule has 2 heterocycles. The molecular formula is C21H19FN6. The number of nitrogens with zero attached hydrogens (tertiary/aromatic N) is 5. The van der Waals surface area contributed by atoms with E-state index in [0.717, 1.165) is 0 Å². The molecule has 0 spiro atoms. The lowest BCUT2D eigenvalue weighted by Gasteiger charge is -2.36. The van der Waals surface area contributed by atoms with Crippen LogP contribution in [-0.2, 0) is 0 Å². The summed E-state index contributed by atoms with van der Waals surface area (Å²) in [6, 6.07) is 18.1. The van der Waals surface area contributed by atoms with Crippen LogP contribution in [0.2, 0.25) is 0 Å². The minimum Gasteiger partial charge on any atom is -0.366 e. The zero-order valence-corrected chi connectivity index (χ0v) is 15.2. The first-order valence-electron chi connectivity index (χ1n) is 9.08. The maximum Gasteiger partial charge on any atom is 0.227 e. The van der Waals surface area contributed by atoms with Crippen LogP contribution in [0.1, 0.15) is 5.56 Å². The van der Waals surface area contributed by atoms with Gasteiger partial charge >= 0.3 is 0 Å². The van der Waals surface area contributed by atoms with Gasteiger partial charge in [-0.25, -0.2) is 9.37 Å². The standard InChI is InChI=1S/C21H19FN6/c22-17-6-2-4-8-19(17)27-11-13-28(14-12-27)21-24-10-9-20(26-21)25-18-7-3-1-5-16(18)15-23/h1-10H,11-14H2,(H,24,25,26). The number of para-hydroxylation sites is 2. The molecule has 0 aliphatic carbocycles. The van der Waals surface area contributed by atoms with Crippen molar-refractivity contribution in [2.24, 2.45) is 0 Å². The van der Waals surface area contributed by atoms with Gasteiger partial charge in [-0.2, -0.15) is 10.2 Å². The molecule has 3 aromatic rings. The molecule has 6 nitrogen and oxygen atoms in total. The molecule has 0 atom stereocenters. The van der Waals surface area contributed by atoms with Crippen molar-refractivity contribution in [2.45, 2.75) is 0 Å². The Kier molecular flexibility index (Phi) is 5.02. The fourth-order valence-electron chi connectivity index (χ4n) is 3.25. The monoisotopic (exact) mass is 374 g/mol. The summed E-state index contributed by atoms with van der Waals surface area (Å²) < 4.78 is 14.0. The number of anilines is 4. The third kappa shape index (κ3) is 3.71. The number of hydrogen-bond acceptors (Lipinski definition) is 6. The zero-order valence-electron chi connectivity index (χ0n) is 15.2. The first kappa shape index (κ1) is 17.7. The molecule has 0 unspecified atom stereocenters. The fraction of sp³-hybridized carbons (Fsp3) is 0.190. The molecule has 1 aliphatic heterocycles. The maximum atomic E-state index is 14.0. The van der Waals surface area contributed by atoms with E-state index >= 15 is 0 Å². The summed E-state index contributed by atoms with van der Waals surface area (Å²) >= 11 is 0. The van der Waals surface area contributed by atoms with Gasteiger partial charge in [0.1, 0.15) is 17.7 Å². The number of nitriles is 1. The second-order valence-electron chi connectivity index (χ2n) is 6.45. The molecule has 0 bridgehead atoms. The van der Waals surface area contributed by atoms with Crippen molar-refractivity contribution >= 4 is 23.1 Å². The van der Waals surface area contributed by atoms with E-state index in [1.807, 2.05) is 29.2 Å². The van der Waals surface area contributed by atoms with E-state index in [1.54, 1.807) is 30.5 Å². The Morgan fingerprint density at radius 2 is 1.64 bits per heavy atom. The number of piperazine rings is 1. The zero-order chi connectivity index (χ0) is 19.3. The normalized spacial score (nSPS) is 13.9. The van der Waals surface area contributed by atoms with Crippen LogP contribution in [0.15, 0.2) is 60.8 Å². The summed E-state index contributed by atoms with van der Waals surface area (Å²) in [4.78, 5) is 13.1. The number of benzene rings is 2. The van der Waals surface area contributed by atoms with Gasteiger partial charge in [0.15, 0.2) is 0 Å². The van der Waals surface area contributed by atoms with Crippen LogP contribution in [0.4, 0.5) is 27.5 Å². The quantitative estimate of drug-likeness (QED) is 0.753. The highest BCUT2D eigenvalue weighted by Gasteiger charge is 2.21. The lowest BCUT2D eigenvalue weighted by Crippen LogP contribution is -2.47. The molecule has 1 aromatic heterocycles. The molecule has 2 aromatic carbocycles. The van der Waals surface area contributed by atoms with Gasteiger partial charge in [-0.05, 0) is 30.3 Å². The van der Waals surface area contributed by atoms with Gasteiger partial charge in [0.05, 0.1) is 16.9 Å². The smallest absolute Gasteiger partial charge is 0.227 e. The van der Waals surface area contributed by atoms with Gasteiger partial charge < -0.3 is 15.1 Å². The van der Waals surface area contributed by atoms with E-state index in [-0.39, 0.29) is 5.82 Å². The average Bonchev–Trinajstić information content (AvgIpc) is 2.75. The number of nitrogens with one attached hydrogen (secondary N) is 1. The highest BCUT2D eigenvalue weighted by Crippen LogP contribution is 2.23. The molecule has 4 rings (SSSR count). The Morgan fingerprint density at radius 3 is 2.43 bits per heavy atom. The first-order valence-corrected chi connectivity index (χ1v) is 9.08. The Bertz CT molecular complexity index is 1010. The van der Waals surface area contributed by atoms with E-state index in [4.69, 9.17) is 0 Å². The lowest BCUT2D eigenvalue weighted by molar-refractivity contribution is 0.594. The van der Waals surface area contributed by atoms with E-state index in [0.29, 0.717) is 54.9 Å². The molecule has 28 heavy (non-hydrogen) atoms. The summed E-state index contributed by atoms with van der Waals surface area (Å²) in [5, 5.41) is 12.4. The number of rotatable bonds is 4. The van der Waals surface area contributed by atoms with Crippen molar-refractivity contribution in [3.8, 4) is 6.07 Å². The highest BCUT2D eigenvalue weighted by molar-refractivity contribution is 5.64. The number of hydrogen-bond donors (Lipinski definition) is 1. The summed E-state index contributed by atoms with van der Waals surface area (Å²) in [6.07, 6.45) is 1.70. The number of halogens is 1. The van der Waals surface area contributed by atoms with Crippen LogP contribution in [0, 0.1) is 17.1 Å². The SMILES string of the molecule is N#Cc1ccccc1Nc1ccnc(N2CCN(c3ccccc3F)CC2)n1. The molecule has 0 radical (unpaired) electrons. The Hall–Kier alpha value is -3.66. The molecule has 1 fully saturated rings. The van der Waals surface area contributed by atoms with E-state index in [1.165, 1.54) is 6.07 Å². The predicted molar refractivity (Wildman–Crippen MR) is 107 cm³/mol. The van der Waals surface area contributed by atoms with Crippen LogP contribution in [0.25, 0.3) is 0 Å². The van der Waals surface area contributed by atoms with Crippen molar-refractivity contribution < 1.29 is 4.39 Å². The van der Waals surface area contributed by atoms with Crippen LogP contribution in [0.3, 0.4) is 0 Å². The van der Waals surface area contributed by atoms with E-state index in [9.17, 15) is 9.65 Å². The van der Waals surface area contributed by atoms with Crippen molar-refractivity contribution in [2.75, 3.05) is 41.3 Å². The highest BCUT2D eigenvalue weighted by atomic mass is 19.1. The van der Waals surface area contributed by atoms with Gasteiger partial charge in [-0.3, -0.25) is 0 Å². The summed E-state index contributed by atoms with van der Waals surface area (Å²) in [7, 11) is 0. The fourth-order valence-corrected chi connectivity index (χ4v) is 3.25. The second kappa shape index (κ2) is 7.92. The first-order chi connectivity index (χ1) is 13.7. The van der Waals surface area contributed by atoms with Gasteiger partial charge in [-0.1, -0.05) is 24.3 Å². The van der Waals surface area contributed by atoms with Crippen molar-refractivity contribution in [1.82, 2.24) is 9.97 Å². The van der Waals surface area contributed by atoms with E-state index < -0.39 is 0 Å². The molecule has 1 aliphatic rings. The Morgan fingerprint density at radius 1 is 0.929 bits per heavy atom. The van der Waals surface area contributed by atoms with Crippen LogP contribution >= 0.6 is 0 Å². The minimum atomic E-state index is -0.199. The maximum absolute atomic E-state index is 14.0. The van der Waals surface area contributed by atoms with E-state index in [2.05, 4.69) is 26.3 Å². The third-order valence-electron chi connectivity index (χ3n) is 4.71. The topological polar surface area (TPSA) is 68.1 Å². The van der Waals surface area contributed by atoms with Gasteiger partial charge in [0.25, 0.3) is 0 Å². The number of aromatic nitrogens is 2. The van der Waals surface area contributed by atoms with Crippen LogP contribution in [-0.4, -0.2) is 36.1 Å². The third-order valence-corrected chi connectivity index (χ3v) is 4.71. The summed E-state index contributed by atoms with van der Waals surface area (Å²) in [5.74, 6) is 1.05. The van der Waals surface area contributed by atoms with Gasteiger partial charge in [0, 0.05) is 32.4 Å². The molecule has 1 N–H and O–H groups in total. The van der Waals surface area contributed by atoms with Gasteiger partial charge in [-0.15, -0.1) is 0 Å². The van der Waals surface area contributed by atoms with Crippen molar-refractivity contribution in [3.63, 3.8) is 0 Å².